The topological polar surface area (TPSA) is 0 Å². The fourth-order valence-electron chi connectivity index (χ4n) is 2.57. The van der Waals surface area contributed by atoms with Crippen LogP contribution in [0.4, 0.5) is 0 Å². The molecular formula is C10H12. The van der Waals surface area contributed by atoms with Gasteiger partial charge in [-0.05, 0) is 25.7 Å². The van der Waals surface area contributed by atoms with Crippen molar-refractivity contribution in [2.75, 3.05) is 0 Å². The van der Waals surface area contributed by atoms with Gasteiger partial charge in [-0.3, -0.25) is 0 Å². The molecule has 0 radical (unpaired) electrons. The van der Waals surface area contributed by atoms with Crippen molar-refractivity contribution >= 4 is 0 Å². The Balaban J connectivity index is 1.99. The quantitative estimate of drug-likeness (QED) is 0.444. The Morgan fingerprint density at radius 2 is 1.60 bits per heavy atom. The highest BCUT2D eigenvalue weighted by molar-refractivity contribution is 5.45. The van der Waals surface area contributed by atoms with Crippen molar-refractivity contribution in [3.05, 3.63) is 23.3 Å². The van der Waals surface area contributed by atoms with E-state index in [1.807, 2.05) is 0 Å². The van der Waals surface area contributed by atoms with Crippen molar-refractivity contribution in [1.29, 1.82) is 0 Å². The van der Waals surface area contributed by atoms with Gasteiger partial charge in [0.1, 0.15) is 0 Å². The molecule has 0 nitrogen and oxygen atoms in total. The third kappa shape index (κ3) is 0.448. The first-order valence-electron chi connectivity index (χ1n) is 4.36. The third-order valence-corrected chi connectivity index (χ3v) is 3.18. The Labute approximate surface area is 61.6 Å². The minimum atomic E-state index is 0.892. The summed E-state index contributed by atoms with van der Waals surface area (Å²) in [5, 5.41) is 0. The van der Waals surface area contributed by atoms with Gasteiger partial charge in [-0.15, -0.1) is 0 Å². The van der Waals surface area contributed by atoms with E-state index >= 15 is 0 Å². The molecule has 0 atom stereocenters. The minimum absolute atomic E-state index is 0.892. The van der Waals surface area contributed by atoms with Gasteiger partial charge < -0.3 is 0 Å². The van der Waals surface area contributed by atoms with Crippen molar-refractivity contribution in [2.45, 2.75) is 25.7 Å². The molecule has 0 aromatic carbocycles. The van der Waals surface area contributed by atoms with Gasteiger partial charge in [0.25, 0.3) is 0 Å². The Morgan fingerprint density at radius 3 is 2.10 bits per heavy atom. The van der Waals surface area contributed by atoms with Gasteiger partial charge >= 0.3 is 0 Å². The number of hydrogen-bond acceptors (Lipinski definition) is 0. The van der Waals surface area contributed by atoms with Gasteiger partial charge in [0, 0.05) is 11.8 Å². The largest absolute Gasteiger partial charge is 0.0768 e. The van der Waals surface area contributed by atoms with Crippen LogP contribution in [-0.4, -0.2) is 0 Å². The first-order valence-corrected chi connectivity index (χ1v) is 4.36. The van der Waals surface area contributed by atoms with E-state index in [0.29, 0.717) is 0 Å². The Hall–Kier alpha value is -0.520. The molecule has 0 aliphatic heterocycles. The fourth-order valence-corrected chi connectivity index (χ4v) is 2.57. The molecule has 52 valence electrons. The predicted octanol–water partition coefficient (Wildman–Crippen LogP) is 2.67. The lowest BCUT2D eigenvalue weighted by Gasteiger charge is -2.43. The summed E-state index contributed by atoms with van der Waals surface area (Å²) < 4.78 is 0. The van der Waals surface area contributed by atoms with E-state index in [1.165, 1.54) is 25.7 Å². The molecule has 0 aromatic rings. The number of allylic oxidation sites excluding steroid dienone is 4. The lowest BCUT2D eigenvalue weighted by molar-refractivity contribution is 0.452. The molecular weight excluding hydrogens is 120 g/mol. The summed E-state index contributed by atoms with van der Waals surface area (Å²) in [6.45, 7) is 0. The van der Waals surface area contributed by atoms with E-state index in [0.717, 1.165) is 11.8 Å². The van der Waals surface area contributed by atoms with Gasteiger partial charge in [0.15, 0.2) is 0 Å². The first-order chi connectivity index (χ1) is 4.95. The minimum Gasteiger partial charge on any atom is -0.0768 e. The maximum atomic E-state index is 2.47. The molecule has 0 aromatic heterocycles. The number of hydrogen-bond donors (Lipinski definition) is 0. The molecule has 0 spiro atoms. The summed E-state index contributed by atoms with van der Waals surface area (Å²) in [6, 6.07) is 0. The lowest BCUT2D eigenvalue weighted by Crippen LogP contribution is -2.32. The van der Waals surface area contributed by atoms with Crippen LogP contribution in [0.5, 0.6) is 0 Å². The highest BCUT2D eigenvalue weighted by atomic mass is 14.4. The zero-order valence-corrected chi connectivity index (χ0v) is 6.14. The van der Waals surface area contributed by atoms with Crippen LogP contribution in [0, 0.1) is 11.8 Å². The van der Waals surface area contributed by atoms with Crippen LogP contribution in [-0.2, 0) is 0 Å². The fraction of sp³-hybridized carbons (Fsp3) is 0.600. The molecule has 0 bridgehead atoms. The average Bonchev–Trinajstić information content (AvgIpc) is 2.04. The van der Waals surface area contributed by atoms with Crippen LogP contribution in [0.1, 0.15) is 25.7 Å². The SMILES string of the molecule is C1=C2CCCCC3=CC1C23. The van der Waals surface area contributed by atoms with E-state index in [4.69, 9.17) is 0 Å². The predicted molar refractivity (Wildman–Crippen MR) is 41.6 cm³/mol. The first kappa shape index (κ1) is 5.17. The Kier molecular flexibility index (Phi) is 0.803. The van der Waals surface area contributed by atoms with Crippen molar-refractivity contribution in [3.63, 3.8) is 0 Å². The van der Waals surface area contributed by atoms with E-state index in [-0.39, 0.29) is 0 Å². The molecule has 0 amide bonds. The van der Waals surface area contributed by atoms with Gasteiger partial charge in [-0.1, -0.05) is 23.3 Å². The maximum absolute atomic E-state index is 2.47. The molecule has 0 heteroatoms. The van der Waals surface area contributed by atoms with Gasteiger partial charge in [-0.25, -0.2) is 0 Å². The molecule has 10 heavy (non-hydrogen) atoms. The lowest BCUT2D eigenvalue weighted by atomic mass is 9.61. The molecule has 1 saturated carbocycles. The van der Waals surface area contributed by atoms with Gasteiger partial charge in [-0.2, -0.15) is 0 Å². The van der Waals surface area contributed by atoms with E-state index in [1.54, 1.807) is 11.1 Å². The second kappa shape index (κ2) is 1.55. The molecule has 0 saturated heterocycles. The van der Waals surface area contributed by atoms with E-state index in [9.17, 15) is 0 Å². The molecule has 1 fully saturated rings. The molecule has 3 rings (SSSR count). The molecule has 3 aliphatic carbocycles. The summed E-state index contributed by atoms with van der Waals surface area (Å²) in [6.07, 6.45) is 10.6. The van der Waals surface area contributed by atoms with Gasteiger partial charge in [0.2, 0.25) is 0 Å². The van der Waals surface area contributed by atoms with Crippen molar-refractivity contribution < 1.29 is 0 Å². The highest BCUT2D eigenvalue weighted by Crippen LogP contribution is 2.53. The van der Waals surface area contributed by atoms with E-state index < -0.39 is 0 Å². The Morgan fingerprint density at radius 1 is 1.00 bits per heavy atom. The second-order valence-electron chi connectivity index (χ2n) is 3.75. The van der Waals surface area contributed by atoms with Crippen LogP contribution in [0.3, 0.4) is 0 Å². The van der Waals surface area contributed by atoms with Crippen molar-refractivity contribution in [3.8, 4) is 0 Å². The smallest absolute Gasteiger partial charge is 0.0105 e. The van der Waals surface area contributed by atoms with Crippen LogP contribution in [0.15, 0.2) is 23.3 Å². The summed E-state index contributed by atoms with van der Waals surface area (Å²) in [5.74, 6) is 1.85. The average molecular weight is 132 g/mol. The normalized spacial score (nSPS) is 41.6. The van der Waals surface area contributed by atoms with Crippen LogP contribution >= 0.6 is 0 Å². The summed E-state index contributed by atoms with van der Waals surface area (Å²) in [7, 11) is 0. The molecule has 0 heterocycles. The second-order valence-corrected chi connectivity index (χ2v) is 3.75. The standard InChI is InChI=1S/C10H12/c1-2-4-8-6-9-5-7(3-1)10(8)9/h5-6,9-10H,1-4H2. The number of rotatable bonds is 0. The zero-order chi connectivity index (χ0) is 6.55. The molecule has 0 unspecified atom stereocenters. The van der Waals surface area contributed by atoms with Gasteiger partial charge in [0.05, 0.1) is 0 Å². The Bertz CT molecular complexity index is 208. The summed E-state index contributed by atoms with van der Waals surface area (Å²) in [5.41, 5.74) is 3.53. The third-order valence-electron chi connectivity index (χ3n) is 3.18. The van der Waals surface area contributed by atoms with Crippen LogP contribution in [0.25, 0.3) is 0 Å². The monoisotopic (exact) mass is 132 g/mol. The van der Waals surface area contributed by atoms with Crippen molar-refractivity contribution in [2.24, 2.45) is 11.8 Å². The van der Waals surface area contributed by atoms with E-state index in [2.05, 4.69) is 12.2 Å². The summed E-state index contributed by atoms with van der Waals surface area (Å²) in [4.78, 5) is 0. The zero-order valence-electron chi connectivity index (χ0n) is 6.14. The molecule has 3 aliphatic rings. The molecule has 0 N–H and O–H groups in total. The van der Waals surface area contributed by atoms with Crippen LogP contribution < -0.4 is 0 Å². The summed E-state index contributed by atoms with van der Waals surface area (Å²) >= 11 is 0. The van der Waals surface area contributed by atoms with Crippen LogP contribution in [0.2, 0.25) is 0 Å². The highest BCUT2D eigenvalue weighted by Gasteiger charge is 2.40. The maximum Gasteiger partial charge on any atom is 0.0105 e. The van der Waals surface area contributed by atoms with Crippen molar-refractivity contribution in [1.82, 2.24) is 0 Å².